The Morgan fingerprint density at radius 2 is 1.58 bits per heavy atom. The van der Waals surface area contributed by atoms with Crippen LogP contribution in [0.25, 0.3) is 0 Å². The number of hydrogen-bond donors (Lipinski definition) is 2. The minimum atomic E-state index is -0.290. The van der Waals surface area contributed by atoms with Gasteiger partial charge in [0.2, 0.25) is 0 Å². The van der Waals surface area contributed by atoms with Crippen LogP contribution in [0.5, 0.6) is 0 Å². The van der Waals surface area contributed by atoms with E-state index in [0.717, 1.165) is 37.7 Å². The highest BCUT2D eigenvalue weighted by molar-refractivity contribution is 6.00. The number of allylic oxidation sites excluding steroid dienone is 1. The lowest BCUT2D eigenvalue weighted by Gasteiger charge is -2.72. The van der Waals surface area contributed by atoms with Crippen LogP contribution in [0.15, 0.2) is 11.1 Å². The number of fused-ring (bicyclic) bond motifs is 7. The van der Waals surface area contributed by atoms with Crippen molar-refractivity contribution in [3.05, 3.63) is 11.1 Å². The van der Waals surface area contributed by atoms with Gasteiger partial charge in [-0.05, 0) is 102 Å². The highest BCUT2D eigenvalue weighted by atomic mass is 16.3. The Kier molecular flexibility index (Phi) is 5.24. The van der Waals surface area contributed by atoms with Crippen LogP contribution in [0.3, 0.4) is 0 Å². The van der Waals surface area contributed by atoms with Gasteiger partial charge < -0.3 is 10.2 Å². The van der Waals surface area contributed by atoms with E-state index in [4.69, 9.17) is 0 Å². The second-order valence-corrected chi connectivity index (χ2v) is 14.5. The minimum Gasteiger partial charge on any atom is -0.395 e. The molecule has 0 spiro atoms. The van der Waals surface area contributed by atoms with Crippen molar-refractivity contribution in [2.45, 2.75) is 112 Å². The van der Waals surface area contributed by atoms with Gasteiger partial charge in [-0.2, -0.15) is 0 Å². The first-order chi connectivity index (χ1) is 15.3. The van der Waals surface area contributed by atoms with Crippen molar-refractivity contribution in [1.82, 2.24) is 0 Å². The summed E-state index contributed by atoms with van der Waals surface area (Å²) < 4.78 is 0. The molecule has 0 aliphatic heterocycles. The lowest BCUT2D eigenvalue weighted by atomic mass is 9.33. The maximum absolute atomic E-state index is 13.2. The van der Waals surface area contributed by atoms with Gasteiger partial charge in [-0.3, -0.25) is 4.79 Å². The van der Waals surface area contributed by atoms with Gasteiger partial charge >= 0.3 is 0 Å². The Hall–Kier alpha value is -0.670. The van der Waals surface area contributed by atoms with E-state index in [2.05, 4.69) is 48.5 Å². The van der Waals surface area contributed by atoms with Gasteiger partial charge in [0.25, 0.3) is 0 Å². The zero-order valence-corrected chi connectivity index (χ0v) is 22.3. The summed E-state index contributed by atoms with van der Waals surface area (Å²) >= 11 is 0. The first-order valence-corrected chi connectivity index (χ1v) is 13.9. The standard InChI is InChI=1S/C30H48O3/c1-18(2)24-20(32)16-30(17-31)15-14-28(6)19(25(24)30)8-9-22-27(5)12-11-23(33)26(3,4)21(27)10-13-29(22,28)7/h18-19,21-23,31,33H,8-17H2,1-7H3/t19-,21+,22-,23+,27+,28-,29-,30+/m1/s1. The van der Waals surface area contributed by atoms with Crippen molar-refractivity contribution in [2.24, 2.45) is 50.7 Å². The second-order valence-electron chi connectivity index (χ2n) is 14.5. The highest BCUT2D eigenvalue weighted by Crippen LogP contribution is 2.76. The monoisotopic (exact) mass is 456 g/mol. The summed E-state index contributed by atoms with van der Waals surface area (Å²) in [6.45, 7) is 16.8. The number of carbonyl (C=O) groups excluding carboxylic acids is 1. The van der Waals surface area contributed by atoms with Crippen molar-refractivity contribution in [1.29, 1.82) is 0 Å². The topological polar surface area (TPSA) is 57.5 Å². The summed E-state index contributed by atoms with van der Waals surface area (Å²) in [5.74, 6) is 2.21. The fraction of sp³-hybridized carbons (Fsp3) is 0.900. The molecule has 5 aliphatic rings. The van der Waals surface area contributed by atoms with E-state index in [1.807, 2.05) is 0 Å². The first-order valence-electron chi connectivity index (χ1n) is 13.9. The van der Waals surface area contributed by atoms with E-state index >= 15 is 0 Å². The molecule has 4 fully saturated rings. The van der Waals surface area contributed by atoms with Gasteiger partial charge in [0, 0.05) is 11.8 Å². The third kappa shape index (κ3) is 2.79. The number of Topliss-reactive ketones (excluding diaryl/α,β-unsaturated/α-hetero) is 1. The van der Waals surface area contributed by atoms with E-state index < -0.39 is 0 Å². The van der Waals surface area contributed by atoms with Crippen molar-refractivity contribution < 1.29 is 15.0 Å². The summed E-state index contributed by atoms with van der Waals surface area (Å²) in [5, 5.41) is 21.5. The summed E-state index contributed by atoms with van der Waals surface area (Å²) in [4.78, 5) is 13.2. The van der Waals surface area contributed by atoms with Crippen molar-refractivity contribution >= 4 is 5.78 Å². The molecule has 8 atom stereocenters. The molecule has 186 valence electrons. The molecule has 3 heteroatoms. The molecule has 0 heterocycles. The van der Waals surface area contributed by atoms with Crippen LogP contribution in [0.1, 0.15) is 106 Å². The number of aliphatic hydroxyl groups excluding tert-OH is 2. The molecule has 3 nitrogen and oxygen atoms in total. The summed E-state index contributed by atoms with van der Waals surface area (Å²) in [5.41, 5.74) is 2.83. The van der Waals surface area contributed by atoms with Crippen LogP contribution in [0.4, 0.5) is 0 Å². The Labute approximate surface area is 201 Å². The highest BCUT2D eigenvalue weighted by Gasteiger charge is 2.69. The van der Waals surface area contributed by atoms with Crippen molar-refractivity contribution in [3.63, 3.8) is 0 Å². The Bertz CT molecular complexity index is 885. The van der Waals surface area contributed by atoms with Crippen molar-refractivity contribution in [3.8, 4) is 0 Å². The molecule has 0 aromatic rings. The van der Waals surface area contributed by atoms with Crippen LogP contribution in [0, 0.1) is 50.7 Å². The number of aliphatic hydroxyl groups is 2. The van der Waals surface area contributed by atoms with Crippen molar-refractivity contribution in [2.75, 3.05) is 6.61 Å². The van der Waals surface area contributed by atoms with Gasteiger partial charge in [0.15, 0.2) is 5.78 Å². The molecule has 2 N–H and O–H groups in total. The Morgan fingerprint density at radius 3 is 2.21 bits per heavy atom. The van der Waals surface area contributed by atoms with Gasteiger partial charge in [0.1, 0.15) is 0 Å². The fourth-order valence-electron chi connectivity index (χ4n) is 10.9. The summed E-state index contributed by atoms with van der Waals surface area (Å²) in [7, 11) is 0. The van der Waals surface area contributed by atoms with Crippen LogP contribution in [-0.2, 0) is 4.79 Å². The summed E-state index contributed by atoms with van der Waals surface area (Å²) in [6.07, 6.45) is 9.31. The van der Waals surface area contributed by atoms with Crippen LogP contribution < -0.4 is 0 Å². The fourth-order valence-corrected chi connectivity index (χ4v) is 10.9. The van der Waals surface area contributed by atoms with E-state index in [-0.39, 0.29) is 45.7 Å². The van der Waals surface area contributed by atoms with E-state index in [9.17, 15) is 15.0 Å². The van der Waals surface area contributed by atoms with E-state index in [1.165, 1.54) is 24.8 Å². The van der Waals surface area contributed by atoms with E-state index in [1.54, 1.807) is 0 Å². The smallest absolute Gasteiger partial charge is 0.160 e. The molecule has 0 radical (unpaired) electrons. The molecule has 4 saturated carbocycles. The molecular formula is C30H48O3. The maximum atomic E-state index is 13.2. The van der Waals surface area contributed by atoms with Gasteiger partial charge in [-0.25, -0.2) is 0 Å². The number of hydrogen-bond acceptors (Lipinski definition) is 3. The van der Waals surface area contributed by atoms with Crippen LogP contribution in [0.2, 0.25) is 0 Å². The molecule has 0 bridgehead atoms. The number of ketones is 1. The second kappa shape index (κ2) is 7.19. The van der Waals surface area contributed by atoms with Crippen LogP contribution >= 0.6 is 0 Å². The largest absolute Gasteiger partial charge is 0.395 e. The Morgan fingerprint density at radius 1 is 0.879 bits per heavy atom. The zero-order chi connectivity index (χ0) is 24.2. The minimum absolute atomic E-state index is 0.0180. The number of rotatable bonds is 2. The molecule has 5 aliphatic carbocycles. The third-order valence-electron chi connectivity index (χ3n) is 12.9. The van der Waals surface area contributed by atoms with Crippen LogP contribution in [-0.4, -0.2) is 28.7 Å². The maximum Gasteiger partial charge on any atom is 0.160 e. The zero-order valence-electron chi connectivity index (χ0n) is 22.3. The lowest BCUT2D eigenvalue weighted by molar-refractivity contribution is -0.229. The molecule has 5 rings (SSSR count). The number of carbonyl (C=O) groups is 1. The SMILES string of the molecule is CC(C)C1=C2[C@H]3CC[C@@H]4[C@@]5(C)CC[C@H](O)C(C)(C)[C@@H]5CC[C@@]4(C)[C@]3(C)CC[C@@]2(CO)CC1=O. The predicted octanol–water partition coefficient (Wildman–Crippen LogP) is 6.32. The first kappa shape index (κ1) is 24.0. The summed E-state index contributed by atoms with van der Waals surface area (Å²) in [6, 6.07) is 0. The van der Waals surface area contributed by atoms with E-state index in [0.29, 0.717) is 30.0 Å². The predicted molar refractivity (Wildman–Crippen MR) is 133 cm³/mol. The normalized spacial score (nSPS) is 51.2. The molecular weight excluding hydrogens is 408 g/mol. The quantitative estimate of drug-likeness (QED) is 0.511. The molecule has 0 saturated heterocycles. The Balaban J connectivity index is 1.60. The average Bonchev–Trinajstić information content (AvgIpc) is 3.04. The lowest BCUT2D eigenvalue weighted by Crippen LogP contribution is -2.65. The molecule has 0 aromatic carbocycles. The molecule has 0 amide bonds. The molecule has 33 heavy (non-hydrogen) atoms. The molecule has 0 unspecified atom stereocenters. The van der Waals surface area contributed by atoms with Gasteiger partial charge in [-0.15, -0.1) is 0 Å². The van der Waals surface area contributed by atoms with Gasteiger partial charge in [-0.1, -0.05) is 54.0 Å². The average molecular weight is 457 g/mol. The molecule has 0 aromatic heterocycles. The third-order valence-corrected chi connectivity index (χ3v) is 12.9. The van der Waals surface area contributed by atoms with Gasteiger partial charge in [0.05, 0.1) is 12.7 Å².